The molecular formula is C19H18BrN3O4S. The number of aromatic nitrogens is 2. The van der Waals surface area contributed by atoms with Crippen molar-refractivity contribution < 1.29 is 13.2 Å². The molecule has 0 saturated carbocycles. The zero-order valence-corrected chi connectivity index (χ0v) is 17.3. The van der Waals surface area contributed by atoms with Gasteiger partial charge in [0, 0.05) is 17.6 Å². The van der Waals surface area contributed by atoms with E-state index in [0.29, 0.717) is 18.6 Å². The van der Waals surface area contributed by atoms with Crippen molar-refractivity contribution in [3.8, 4) is 0 Å². The number of benzene rings is 2. The van der Waals surface area contributed by atoms with Gasteiger partial charge < -0.3 is 4.90 Å². The lowest BCUT2D eigenvalue weighted by molar-refractivity contribution is -0.130. The Morgan fingerprint density at radius 1 is 0.964 bits per heavy atom. The number of rotatable bonds is 4. The molecule has 28 heavy (non-hydrogen) atoms. The van der Waals surface area contributed by atoms with Gasteiger partial charge in [-0.3, -0.25) is 9.36 Å². The lowest BCUT2D eigenvalue weighted by Crippen LogP contribution is -2.36. The first-order valence-electron chi connectivity index (χ1n) is 8.89. The van der Waals surface area contributed by atoms with Crippen LogP contribution in [0.15, 0.2) is 62.7 Å². The van der Waals surface area contributed by atoms with Crippen LogP contribution in [0.3, 0.4) is 0 Å². The average Bonchev–Trinajstić information content (AvgIpc) is 3.30. The Kier molecular flexibility index (Phi) is 4.88. The largest absolute Gasteiger partial charge is 0.343 e. The third kappa shape index (κ3) is 3.18. The van der Waals surface area contributed by atoms with Gasteiger partial charge in [0.05, 0.1) is 15.9 Å². The van der Waals surface area contributed by atoms with E-state index in [4.69, 9.17) is 0 Å². The third-order valence-corrected chi connectivity index (χ3v) is 7.13. The summed E-state index contributed by atoms with van der Waals surface area (Å²) in [6.45, 7) is 1.16. The first kappa shape index (κ1) is 18.9. The van der Waals surface area contributed by atoms with E-state index in [1.54, 1.807) is 41.3 Å². The molecule has 1 amide bonds. The van der Waals surface area contributed by atoms with Crippen molar-refractivity contribution >= 4 is 42.9 Å². The lowest BCUT2D eigenvalue weighted by atomic mass is 10.3. The number of hydrogen-bond acceptors (Lipinski definition) is 4. The minimum Gasteiger partial charge on any atom is -0.341 e. The second-order valence-corrected chi connectivity index (χ2v) is 9.37. The van der Waals surface area contributed by atoms with E-state index in [1.807, 2.05) is 0 Å². The van der Waals surface area contributed by atoms with E-state index in [0.717, 1.165) is 21.3 Å². The molecule has 0 aliphatic carbocycles. The molecule has 0 N–H and O–H groups in total. The molecule has 0 bridgehead atoms. The van der Waals surface area contributed by atoms with E-state index < -0.39 is 15.7 Å². The van der Waals surface area contributed by atoms with Crippen LogP contribution < -0.4 is 5.69 Å². The molecule has 2 aromatic carbocycles. The standard InChI is InChI=1S/C19H18BrN3O4S/c20-14-7-9-15(10-8-14)28(26,27)23-17-6-2-1-5-16(17)22(19(23)25)13-18(24)21-11-3-4-12-21/h1-2,5-10H,3-4,11-13H2. The van der Waals surface area contributed by atoms with Crippen molar-refractivity contribution in [2.24, 2.45) is 0 Å². The summed E-state index contributed by atoms with van der Waals surface area (Å²) in [6.07, 6.45) is 1.89. The summed E-state index contributed by atoms with van der Waals surface area (Å²) in [7, 11) is -4.11. The lowest BCUT2D eigenvalue weighted by Gasteiger charge is -2.15. The fourth-order valence-corrected chi connectivity index (χ4v) is 5.15. The number of nitrogens with zero attached hydrogens (tertiary/aromatic N) is 3. The van der Waals surface area contributed by atoms with Gasteiger partial charge >= 0.3 is 5.69 Å². The highest BCUT2D eigenvalue weighted by molar-refractivity contribution is 9.10. The topological polar surface area (TPSA) is 81.4 Å². The van der Waals surface area contributed by atoms with E-state index >= 15 is 0 Å². The minimum absolute atomic E-state index is 0.00609. The van der Waals surface area contributed by atoms with E-state index in [2.05, 4.69) is 15.9 Å². The molecule has 0 unspecified atom stereocenters. The summed E-state index contributed by atoms with van der Waals surface area (Å²) >= 11 is 3.28. The van der Waals surface area contributed by atoms with Crippen LogP contribution in [0.2, 0.25) is 0 Å². The van der Waals surface area contributed by atoms with Gasteiger partial charge in [-0.2, -0.15) is 3.97 Å². The zero-order valence-electron chi connectivity index (χ0n) is 14.9. The molecule has 0 radical (unpaired) electrons. The Morgan fingerprint density at radius 2 is 1.57 bits per heavy atom. The zero-order chi connectivity index (χ0) is 19.9. The first-order chi connectivity index (χ1) is 13.4. The molecule has 146 valence electrons. The van der Waals surface area contributed by atoms with Crippen molar-refractivity contribution in [1.29, 1.82) is 0 Å². The maximum Gasteiger partial charge on any atom is 0.343 e. The smallest absolute Gasteiger partial charge is 0.341 e. The molecule has 1 fully saturated rings. The van der Waals surface area contributed by atoms with Crippen LogP contribution in [0.25, 0.3) is 11.0 Å². The minimum atomic E-state index is -4.11. The summed E-state index contributed by atoms with van der Waals surface area (Å²) in [5.41, 5.74) is -0.0676. The number of carbonyl (C=O) groups excluding carboxylic acids is 1. The maximum atomic E-state index is 13.2. The number of hydrogen-bond donors (Lipinski definition) is 0. The molecule has 0 atom stereocenters. The van der Waals surface area contributed by atoms with Crippen molar-refractivity contribution in [1.82, 2.24) is 13.4 Å². The Labute approximate surface area is 170 Å². The van der Waals surface area contributed by atoms with Gasteiger partial charge in [-0.15, -0.1) is 0 Å². The van der Waals surface area contributed by atoms with Crippen LogP contribution in [0.5, 0.6) is 0 Å². The van der Waals surface area contributed by atoms with Crippen LogP contribution in [0, 0.1) is 0 Å². The van der Waals surface area contributed by atoms with E-state index in [1.165, 1.54) is 16.7 Å². The summed E-state index contributed by atoms with van der Waals surface area (Å²) in [4.78, 5) is 27.4. The van der Waals surface area contributed by atoms with Gasteiger partial charge in [-0.25, -0.2) is 13.2 Å². The average molecular weight is 464 g/mol. The van der Waals surface area contributed by atoms with Gasteiger partial charge in [0.15, 0.2) is 0 Å². The quantitative estimate of drug-likeness (QED) is 0.594. The van der Waals surface area contributed by atoms with Crippen molar-refractivity contribution in [2.45, 2.75) is 24.3 Å². The molecule has 2 heterocycles. The number of likely N-dealkylation sites (tertiary alicyclic amines) is 1. The van der Waals surface area contributed by atoms with Crippen molar-refractivity contribution in [2.75, 3.05) is 13.1 Å². The number of halogens is 1. The molecule has 1 aliphatic rings. The Hall–Kier alpha value is -2.39. The summed E-state index contributed by atoms with van der Waals surface area (Å²) in [6, 6.07) is 12.7. The monoisotopic (exact) mass is 463 g/mol. The SMILES string of the molecule is O=C(Cn1c(=O)n(S(=O)(=O)c2ccc(Br)cc2)c2ccccc21)N1CCCC1. The number of fused-ring (bicyclic) bond motifs is 1. The Morgan fingerprint density at radius 3 is 2.21 bits per heavy atom. The van der Waals surface area contributed by atoms with Gasteiger partial charge in [-0.1, -0.05) is 28.1 Å². The highest BCUT2D eigenvalue weighted by atomic mass is 79.9. The molecule has 7 nitrogen and oxygen atoms in total. The third-order valence-electron chi connectivity index (χ3n) is 4.90. The fraction of sp³-hybridized carbons (Fsp3) is 0.263. The van der Waals surface area contributed by atoms with Crippen LogP contribution >= 0.6 is 15.9 Å². The molecular weight excluding hydrogens is 446 g/mol. The summed E-state index contributed by atoms with van der Waals surface area (Å²) in [5.74, 6) is -0.177. The van der Waals surface area contributed by atoms with E-state index in [9.17, 15) is 18.0 Å². The molecule has 1 aliphatic heterocycles. The Bertz CT molecular complexity index is 1210. The van der Waals surface area contributed by atoms with Gasteiger partial charge in [0.1, 0.15) is 6.54 Å². The first-order valence-corrected chi connectivity index (χ1v) is 11.1. The second kappa shape index (κ2) is 7.21. The normalized spacial score (nSPS) is 14.7. The highest BCUT2D eigenvalue weighted by Crippen LogP contribution is 2.21. The predicted octanol–water partition coefficient (Wildman–Crippen LogP) is 2.42. The molecule has 9 heteroatoms. The number of para-hydroxylation sites is 2. The predicted molar refractivity (Wildman–Crippen MR) is 109 cm³/mol. The van der Waals surface area contributed by atoms with Gasteiger partial charge in [0.2, 0.25) is 5.91 Å². The van der Waals surface area contributed by atoms with Crippen LogP contribution in [0.4, 0.5) is 0 Å². The van der Waals surface area contributed by atoms with Crippen molar-refractivity contribution in [3.05, 3.63) is 63.5 Å². The summed E-state index contributed by atoms with van der Waals surface area (Å²) in [5, 5.41) is 0. The maximum absolute atomic E-state index is 13.2. The number of carbonyl (C=O) groups is 1. The summed E-state index contributed by atoms with van der Waals surface area (Å²) < 4.78 is 29.1. The van der Waals surface area contributed by atoms with Crippen molar-refractivity contribution in [3.63, 3.8) is 0 Å². The van der Waals surface area contributed by atoms with Crippen LogP contribution in [-0.4, -0.2) is 40.9 Å². The Balaban J connectivity index is 1.86. The highest BCUT2D eigenvalue weighted by Gasteiger charge is 2.27. The molecule has 0 spiro atoms. The molecule has 1 saturated heterocycles. The molecule has 1 aromatic heterocycles. The van der Waals surface area contributed by atoms with Gasteiger partial charge in [-0.05, 0) is 49.2 Å². The number of imidazole rings is 1. The molecule has 4 rings (SSSR count). The molecule has 3 aromatic rings. The van der Waals surface area contributed by atoms with Crippen LogP contribution in [-0.2, 0) is 21.4 Å². The number of amides is 1. The van der Waals surface area contributed by atoms with E-state index in [-0.39, 0.29) is 22.9 Å². The van der Waals surface area contributed by atoms with Crippen LogP contribution in [0.1, 0.15) is 12.8 Å². The fourth-order valence-electron chi connectivity index (χ4n) is 3.48. The second-order valence-electron chi connectivity index (χ2n) is 6.67. The van der Waals surface area contributed by atoms with Gasteiger partial charge in [0.25, 0.3) is 10.0 Å².